The topological polar surface area (TPSA) is 129 Å². The molecular weight excluding hydrogens is 681 g/mol. The Balaban J connectivity index is 1.00. The minimum absolute atomic E-state index is 0.0181. The number of fused-ring (bicyclic) bond motifs is 1. The minimum atomic E-state index is -0.676. The zero-order valence-corrected chi connectivity index (χ0v) is 32.0. The monoisotopic (exact) mass is 730 g/mol. The highest BCUT2D eigenvalue weighted by Crippen LogP contribution is 2.35. The van der Waals surface area contributed by atoms with Gasteiger partial charge in [0.2, 0.25) is 5.91 Å². The molecule has 282 valence electrons. The number of nitrogens with one attached hydrogen (secondary N) is 2. The van der Waals surface area contributed by atoms with Gasteiger partial charge in [0, 0.05) is 37.0 Å². The number of carbonyl (C=O) groups excluding carboxylic acids is 3. The lowest BCUT2D eigenvalue weighted by Gasteiger charge is -2.30. The van der Waals surface area contributed by atoms with Gasteiger partial charge in [-0.05, 0) is 97.5 Å². The first-order valence-corrected chi connectivity index (χ1v) is 19.0. The maximum Gasteiger partial charge on any atom is 0.410 e. The smallest absolute Gasteiger partial charge is 0.410 e. The molecule has 3 aliphatic heterocycles. The van der Waals surface area contributed by atoms with Crippen LogP contribution in [0, 0.1) is 5.92 Å². The molecule has 0 aliphatic carbocycles. The number of nitrogens with zero attached hydrogens (tertiary/aromatic N) is 4. The zero-order chi connectivity index (χ0) is 38.1. The number of rotatable bonds is 8. The molecule has 1 aromatic heterocycles. The number of likely N-dealkylation sites (tertiary alicyclic amines) is 2. The summed E-state index contributed by atoms with van der Waals surface area (Å²) in [7, 11) is 1.30. The zero-order valence-electron chi connectivity index (χ0n) is 32.0. The van der Waals surface area contributed by atoms with Crippen molar-refractivity contribution in [2.45, 2.75) is 90.4 Å². The molecule has 2 fully saturated rings. The number of amides is 3. The van der Waals surface area contributed by atoms with Crippen LogP contribution in [0.25, 0.3) is 38.7 Å². The molecular formula is C43H50N6O5. The second-order valence-electron chi connectivity index (χ2n) is 15.9. The van der Waals surface area contributed by atoms with E-state index in [4.69, 9.17) is 19.5 Å². The molecule has 0 saturated carbocycles. The molecule has 11 heteroatoms. The van der Waals surface area contributed by atoms with Crippen LogP contribution in [0.5, 0.6) is 0 Å². The fraction of sp³-hybridized carbons (Fsp3) is 0.419. The SMILES string of the molecule is COC(=O)N[C@H](C(=O)N1CCC[C@H]1c1ncc(-c2ccc3cc(-c4ccc(C5=CN=C([C@@H]6CCCN6C(=O)OC(C)(C)C)C5)cc4)ccc3c2)[nH]1)C(C)C. The van der Waals surface area contributed by atoms with E-state index in [1.54, 1.807) is 0 Å². The Morgan fingerprint density at radius 2 is 1.48 bits per heavy atom. The number of imidazole rings is 1. The van der Waals surface area contributed by atoms with E-state index in [1.165, 1.54) is 7.11 Å². The van der Waals surface area contributed by atoms with E-state index in [0.717, 1.165) is 87.9 Å². The highest BCUT2D eigenvalue weighted by atomic mass is 16.6. The van der Waals surface area contributed by atoms with Crippen LogP contribution in [0.15, 0.2) is 78.1 Å². The van der Waals surface area contributed by atoms with Gasteiger partial charge in [-0.1, -0.05) is 62.4 Å². The third-order valence-electron chi connectivity index (χ3n) is 10.6. The van der Waals surface area contributed by atoms with Gasteiger partial charge >= 0.3 is 12.2 Å². The van der Waals surface area contributed by atoms with Gasteiger partial charge < -0.3 is 24.7 Å². The van der Waals surface area contributed by atoms with Crippen LogP contribution in [0.3, 0.4) is 0 Å². The number of allylic oxidation sites excluding steroid dienone is 1. The maximum absolute atomic E-state index is 13.6. The molecule has 54 heavy (non-hydrogen) atoms. The third-order valence-corrected chi connectivity index (χ3v) is 10.6. The lowest BCUT2D eigenvalue weighted by Crippen LogP contribution is -2.51. The van der Waals surface area contributed by atoms with Crippen LogP contribution in [-0.2, 0) is 14.3 Å². The molecule has 0 spiro atoms. The molecule has 3 aliphatic rings. The Morgan fingerprint density at radius 1 is 0.852 bits per heavy atom. The van der Waals surface area contributed by atoms with E-state index in [1.807, 2.05) is 56.8 Å². The van der Waals surface area contributed by atoms with Gasteiger partial charge in [-0.3, -0.25) is 14.7 Å². The Labute approximate surface area is 316 Å². The summed E-state index contributed by atoms with van der Waals surface area (Å²) >= 11 is 0. The van der Waals surface area contributed by atoms with Gasteiger partial charge in [0.1, 0.15) is 17.5 Å². The highest BCUT2D eigenvalue weighted by Gasteiger charge is 2.38. The second-order valence-corrected chi connectivity index (χ2v) is 15.9. The normalized spacial score (nSPS) is 19.2. The summed E-state index contributed by atoms with van der Waals surface area (Å²) in [5.74, 6) is 0.523. The number of hydrogen-bond acceptors (Lipinski definition) is 7. The summed E-state index contributed by atoms with van der Waals surface area (Å²) in [4.78, 5) is 55.0. The molecule has 3 aromatic carbocycles. The number of ether oxygens (including phenoxy) is 2. The molecule has 11 nitrogen and oxygen atoms in total. The summed E-state index contributed by atoms with van der Waals surface area (Å²) in [6.45, 7) is 10.8. The van der Waals surface area contributed by atoms with Crippen LogP contribution in [-0.4, -0.2) is 81.5 Å². The quantitative estimate of drug-likeness (QED) is 0.187. The van der Waals surface area contributed by atoms with Crippen molar-refractivity contribution in [1.29, 1.82) is 0 Å². The lowest BCUT2D eigenvalue weighted by molar-refractivity contribution is -0.135. The number of benzene rings is 3. The fourth-order valence-electron chi connectivity index (χ4n) is 7.80. The van der Waals surface area contributed by atoms with E-state index in [0.29, 0.717) is 13.1 Å². The van der Waals surface area contributed by atoms with Gasteiger partial charge in [-0.25, -0.2) is 14.6 Å². The van der Waals surface area contributed by atoms with Crippen molar-refractivity contribution in [2.75, 3.05) is 20.2 Å². The van der Waals surface area contributed by atoms with Crippen LogP contribution in [0.1, 0.15) is 84.2 Å². The molecule has 2 saturated heterocycles. The summed E-state index contributed by atoms with van der Waals surface area (Å²) < 4.78 is 10.4. The Hall–Kier alpha value is -5.45. The van der Waals surface area contributed by atoms with Gasteiger partial charge in [-0.15, -0.1) is 0 Å². The number of hydrogen-bond donors (Lipinski definition) is 2. The van der Waals surface area contributed by atoms with Crippen molar-refractivity contribution in [3.8, 4) is 22.4 Å². The van der Waals surface area contributed by atoms with Crippen LogP contribution < -0.4 is 5.32 Å². The molecule has 7 rings (SSSR count). The van der Waals surface area contributed by atoms with Gasteiger partial charge in [0.15, 0.2) is 0 Å². The number of carbonyl (C=O) groups is 3. The van der Waals surface area contributed by atoms with Crippen molar-refractivity contribution < 1.29 is 23.9 Å². The van der Waals surface area contributed by atoms with Crippen molar-refractivity contribution >= 4 is 40.2 Å². The van der Waals surface area contributed by atoms with Crippen LogP contribution in [0.4, 0.5) is 9.59 Å². The molecule has 2 N–H and O–H groups in total. The Bertz CT molecular complexity index is 2110. The average Bonchev–Trinajstić information content (AvgIpc) is 3.98. The van der Waals surface area contributed by atoms with Gasteiger partial charge in [0.05, 0.1) is 31.1 Å². The standard InChI is InChI=1S/C43H50N6O5/c1-26(2)38(47-41(51)53-6)40(50)48-19-8-10-37(48)39-45-25-35(46-39)32-18-17-30-21-29(15-16-31(30)22-32)27-11-13-28(14-12-27)33-23-34(44-24-33)36-9-7-20-49(36)42(52)54-43(3,4)5/h11-18,21-22,24-26,36-38H,7-10,19-20,23H2,1-6H3,(H,45,46)(H,47,51)/t36-,37-,38-/m0/s1. The van der Waals surface area contributed by atoms with Crippen molar-refractivity contribution in [2.24, 2.45) is 10.9 Å². The van der Waals surface area contributed by atoms with Crippen molar-refractivity contribution in [3.05, 3.63) is 84.4 Å². The van der Waals surface area contributed by atoms with Crippen LogP contribution in [0.2, 0.25) is 0 Å². The number of alkyl carbamates (subject to hydrolysis) is 1. The number of aromatic amines is 1. The largest absolute Gasteiger partial charge is 0.453 e. The van der Waals surface area contributed by atoms with E-state index < -0.39 is 17.7 Å². The van der Waals surface area contributed by atoms with Gasteiger partial charge in [0.25, 0.3) is 0 Å². The molecule has 4 heterocycles. The van der Waals surface area contributed by atoms with E-state index in [2.05, 4.69) is 71.0 Å². The maximum atomic E-state index is 13.6. The minimum Gasteiger partial charge on any atom is -0.453 e. The Kier molecular flexibility index (Phi) is 10.3. The van der Waals surface area contributed by atoms with E-state index >= 15 is 0 Å². The summed E-state index contributed by atoms with van der Waals surface area (Å²) in [6.07, 6.45) is 7.14. The first-order valence-electron chi connectivity index (χ1n) is 19.0. The molecule has 3 amide bonds. The number of aromatic nitrogens is 2. The number of methoxy groups -OCH3 is 1. The predicted octanol–water partition coefficient (Wildman–Crippen LogP) is 8.53. The molecule has 4 aromatic rings. The van der Waals surface area contributed by atoms with E-state index in [9.17, 15) is 14.4 Å². The average molecular weight is 731 g/mol. The first-order chi connectivity index (χ1) is 25.9. The molecule has 3 atom stereocenters. The predicted molar refractivity (Wildman–Crippen MR) is 211 cm³/mol. The first kappa shape index (κ1) is 36.9. The van der Waals surface area contributed by atoms with Crippen molar-refractivity contribution in [1.82, 2.24) is 25.1 Å². The molecule has 0 bridgehead atoms. The molecule has 0 radical (unpaired) electrons. The summed E-state index contributed by atoms with van der Waals surface area (Å²) in [5, 5.41) is 4.95. The summed E-state index contributed by atoms with van der Waals surface area (Å²) in [5.41, 5.74) is 6.95. The van der Waals surface area contributed by atoms with E-state index in [-0.39, 0.29) is 30.0 Å². The number of H-pyrrole nitrogens is 1. The lowest BCUT2D eigenvalue weighted by atomic mass is 9.95. The Morgan fingerprint density at radius 3 is 2.17 bits per heavy atom. The fourth-order valence-corrected chi connectivity index (χ4v) is 7.80. The van der Waals surface area contributed by atoms with Crippen LogP contribution >= 0.6 is 0 Å². The van der Waals surface area contributed by atoms with Crippen molar-refractivity contribution in [3.63, 3.8) is 0 Å². The van der Waals surface area contributed by atoms with Gasteiger partial charge in [-0.2, -0.15) is 0 Å². The highest BCUT2D eigenvalue weighted by molar-refractivity contribution is 6.03. The second kappa shape index (κ2) is 15.1. The summed E-state index contributed by atoms with van der Waals surface area (Å²) in [6, 6.07) is 20.6. The number of aliphatic imine (C=N–C) groups is 1. The third kappa shape index (κ3) is 7.76. The molecule has 0 unspecified atom stereocenters.